The molecule has 0 saturated carbocycles. The molecule has 2 aromatic heterocycles. The van der Waals surface area contributed by atoms with E-state index in [0.29, 0.717) is 28.3 Å². The van der Waals surface area contributed by atoms with Gasteiger partial charge in [-0.2, -0.15) is 0 Å². The molecule has 0 fully saturated rings. The summed E-state index contributed by atoms with van der Waals surface area (Å²) in [6, 6.07) is 20.8. The zero-order valence-corrected chi connectivity index (χ0v) is 18.8. The number of hydrogen-bond donors (Lipinski definition) is 1. The lowest BCUT2D eigenvalue weighted by Crippen LogP contribution is -2.24. The van der Waals surface area contributed by atoms with Crippen LogP contribution in [-0.4, -0.2) is 26.2 Å². The highest BCUT2D eigenvalue weighted by atomic mass is 35.5. The van der Waals surface area contributed by atoms with E-state index >= 15 is 0 Å². The third kappa shape index (κ3) is 5.36. The third-order valence-corrected chi connectivity index (χ3v) is 6.16. The number of carbonyl (C=O) groups is 1. The highest BCUT2D eigenvalue weighted by Crippen LogP contribution is 2.21. The summed E-state index contributed by atoms with van der Waals surface area (Å²) in [6.07, 6.45) is 3.19. The molecule has 4 aromatic rings. The van der Waals surface area contributed by atoms with Crippen molar-refractivity contribution >= 4 is 45.9 Å². The second kappa shape index (κ2) is 10.4. The van der Waals surface area contributed by atoms with Crippen LogP contribution in [0.2, 0.25) is 5.15 Å². The van der Waals surface area contributed by atoms with Crippen molar-refractivity contribution in [3.05, 3.63) is 94.0 Å². The number of para-hydroxylation sites is 1. The van der Waals surface area contributed by atoms with Crippen molar-refractivity contribution in [1.82, 2.24) is 14.5 Å². The van der Waals surface area contributed by atoms with Gasteiger partial charge in [-0.15, -0.1) is 0 Å². The number of nitrogens with zero attached hydrogens (tertiary/aromatic N) is 3. The predicted molar refractivity (Wildman–Crippen MR) is 129 cm³/mol. The van der Waals surface area contributed by atoms with Gasteiger partial charge in [0.1, 0.15) is 0 Å². The van der Waals surface area contributed by atoms with Gasteiger partial charge in [-0.1, -0.05) is 65.8 Å². The van der Waals surface area contributed by atoms with Crippen molar-refractivity contribution in [2.45, 2.75) is 24.5 Å². The normalized spacial score (nSPS) is 10.9. The van der Waals surface area contributed by atoms with Gasteiger partial charge in [0.2, 0.25) is 5.91 Å². The summed E-state index contributed by atoms with van der Waals surface area (Å²) in [6.45, 7) is 0.518. The van der Waals surface area contributed by atoms with Gasteiger partial charge in [-0.3, -0.25) is 14.2 Å². The number of aromatic nitrogens is 3. The van der Waals surface area contributed by atoms with E-state index in [-0.39, 0.29) is 22.4 Å². The fourth-order valence-corrected chi connectivity index (χ4v) is 4.33. The van der Waals surface area contributed by atoms with Crippen LogP contribution in [0.25, 0.3) is 10.9 Å². The topological polar surface area (TPSA) is 76.9 Å². The molecule has 0 spiro atoms. The molecule has 0 bridgehead atoms. The van der Waals surface area contributed by atoms with E-state index in [1.54, 1.807) is 29.0 Å². The number of hydrogen-bond acceptors (Lipinski definition) is 5. The molecule has 2 heterocycles. The van der Waals surface area contributed by atoms with Crippen LogP contribution < -0.4 is 10.9 Å². The predicted octanol–water partition coefficient (Wildman–Crippen LogP) is 4.81. The van der Waals surface area contributed by atoms with E-state index in [1.807, 2.05) is 36.4 Å². The van der Waals surface area contributed by atoms with E-state index in [9.17, 15) is 9.59 Å². The van der Waals surface area contributed by atoms with E-state index < -0.39 is 0 Å². The Morgan fingerprint density at radius 1 is 1.03 bits per heavy atom. The average molecular weight is 465 g/mol. The Morgan fingerprint density at radius 3 is 2.62 bits per heavy atom. The lowest BCUT2D eigenvalue weighted by atomic mass is 10.1. The summed E-state index contributed by atoms with van der Waals surface area (Å²) in [7, 11) is 0. The van der Waals surface area contributed by atoms with Gasteiger partial charge >= 0.3 is 0 Å². The van der Waals surface area contributed by atoms with E-state index in [2.05, 4.69) is 27.4 Å². The standard InChI is InChI=1S/C24H21ClN4O2S/c25-22-20(13-6-14-26-22)27-21(30)16-32-24-28-19-12-5-4-11-18(19)23(31)29(24)15-7-10-17-8-2-1-3-9-17/h1-6,8-9,11-14H,7,10,15-16H2,(H,27,30). The number of carbonyl (C=O) groups excluding carboxylic acids is 1. The molecule has 0 aliphatic heterocycles. The van der Waals surface area contributed by atoms with Crippen LogP contribution >= 0.6 is 23.4 Å². The maximum absolute atomic E-state index is 13.2. The Labute approximate surface area is 194 Å². The molecule has 0 aliphatic carbocycles. The van der Waals surface area contributed by atoms with Crippen LogP contribution in [0.4, 0.5) is 5.69 Å². The first kappa shape index (κ1) is 22.0. The van der Waals surface area contributed by atoms with Crippen molar-refractivity contribution in [2.24, 2.45) is 0 Å². The van der Waals surface area contributed by atoms with Gasteiger partial charge in [0.15, 0.2) is 10.3 Å². The minimum atomic E-state index is -0.247. The summed E-state index contributed by atoms with van der Waals surface area (Å²) in [4.78, 5) is 34.2. The first-order chi connectivity index (χ1) is 15.6. The van der Waals surface area contributed by atoms with Crippen molar-refractivity contribution in [2.75, 3.05) is 11.1 Å². The molecule has 0 saturated heterocycles. The number of thioether (sulfide) groups is 1. The lowest BCUT2D eigenvalue weighted by Gasteiger charge is -2.13. The molecular weight excluding hydrogens is 444 g/mol. The fourth-order valence-electron chi connectivity index (χ4n) is 3.34. The molecule has 0 unspecified atom stereocenters. The SMILES string of the molecule is O=C(CSc1nc2ccccc2c(=O)n1CCCc1ccccc1)Nc1cccnc1Cl. The maximum Gasteiger partial charge on any atom is 0.262 e. The number of rotatable bonds is 8. The van der Waals surface area contributed by atoms with E-state index in [1.165, 1.54) is 17.3 Å². The largest absolute Gasteiger partial charge is 0.323 e. The molecular formula is C24H21ClN4O2S. The van der Waals surface area contributed by atoms with Crippen LogP contribution in [0.15, 0.2) is 82.9 Å². The van der Waals surface area contributed by atoms with Crippen molar-refractivity contribution in [3.63, 3.8) is 0 Å². The molecule has 0 atom stereocenters. The zero-order valence-electron chi connectivity index (χ0n) is 17.2. The second-order valence-corrected chi connectivity index (χ2v) is 8.44. The van der Waals surface area contributed by atoms with Crippen LogP contribution in [0.5, 0.6) is 0 Å². The summed E-state index contributed by atoms with van der Waals surface area (Å²) < 4.78 is 1.67. The lowest BCUT2D eigenvalue weighted by molar-refractivity contribution is -0.113. The highest BCUT2D eigenvalue weighted by molar-refractivity contribution is 7.99. The molecule has 1 N–H and O–H groups in total. The minimum Gasteiger partial charge on any atom is -0.323 e. The molecule has 2 aromatic carbocycles. The highest BCUT2D eigenvalue weighted by Gasteiger charge is 2.14. The second-order valence-electron chi connectivity index (χ2n) is 7.14. The Balaban J connectivity index is 1.52. The van der Waals surface area contributed by atoms with Crippen LogP contribution in [-0.2, 0) is 17.8 Å². The first-order valence-corrected chi connectivity index (χ1v) is 11.5. The van der Waals surface area contributed by atoms with Crippen LogP contribution in [0.3, 0.4) is 0 Å². The molecule has 0 aliphatic rings. The van der Waals surface area contributed by atoms with Crippen molar-refractivity contribution < 1.29 is 4.79 Å². The summed E-state index contributed by atoms with van der Waals surface area (Å²) in [5.74, 6) is -0.155. The van der Waals surface area contributed by atoms with Gasteiger partial charge < -0.3 is 5.32 Å². The van der Waals surface area contributed by atoms with E-state index in [4.69, 9.17) is 11.6 Å². The summed E-state index contributed by atoms with van der Waals surface area (Å²) in [5.41, 5.74) is 2.19. The maximum atomic E-state index is 13.2. The molecule has 6 nitrogen and oxygen atoms in total. The van der Waals surface area contributed by atoms with Gasteiger partial charge in [-0.25, -0.2) is 9.97 Å². The van der Waals surface area contributed by atoms with Gasteiger partial charge in [-0.05, 0) is 42.7 Å². The average Bonchev–Trinajstić information content (AvgIpc) is 2.81. The van der Waals surface area contributed by atoms with Gasteiger partial charge in [0.05, 0.1) is 22.3 Å². The Hall–Kier alpha value is -3.16. The third-order valence-electron chi connectivity index (χ3n) is 4.88. The number of benzene rings is 2. The Morgan fingerprint density at radius 2 is 1.81 bits per heavy atom. The number of nitrogens with one attached hydrogen (secondary N) is 1. The monoisotopic (exact) mass is 464 g/mol. The van der Waals surface area contributed by atoms with Gasteiger partial charge in [0.25, 0.3) is 5.56 Å². The van der Waals surface area contributed by atoms with Crippen LogP contribution in [0, 0.1) is 0 Å². The number of anilines is 1. The quantitative estimate of drug-likeness (QED) is 0.230. The van der Waals surface area contributed by atoms with Crippen molar-refractivity contribution in [1.29, 1.82) is 0 Å². The summed E-state index contributed by atoms with van der Waals surface area (Å²) in [5, 5.41) is 4.07. The molecule has 4 rings (SSSR count). The molecule has 1 amide bonds. The minimum absolute atomic E-state index is 0.0920. The fraction of sp³-hybridized carbons (Fsp3) is 0.167. The smallest absolute Gasteiger partial charge is 0.262 e. The molecule has 162 valence electrons. The molecule has 32 heavy (non-hydrogen) atoms. The first-order valence-electron chi connectivity index (χ1n) is 10.2. The summed E-state index contributed by atoms with van der Waals surface area (Å²) >= 11 is 7.25. The number of aryl methyl sites for hydroxylation is 1. The van der Waals surface area contributed by atoms with Crippen molar-refractivity contribution in [3.8, 4) is 0 Å². The molecule has 8 heteroatoms. The zero-order chi connectivity index (χ0) is 22.3. The number of fused-ring (bicyclic) bond motifs is 1. The van der Waals surface area contributed by atoms with Crippen LogP contribution in [0.1, 0.15) is 12.0 Å². The van der Waals surface area contributed by atoms with Gasteiger partial charge in [0, 0.05) is 12.7 Å². The number of amides is 1. The number of pyridine rings is 1. The molecule has 0 radical (unpaired) electrons. The Kier molecular flexibility index (Phi) is 7.19. The Bertz CT molecular complexity index is 1290. The van der Waals surface area contributed by atoms with E-state index in [0.717, 1.165) is 12.8 Å². The number of halogens is 1.